The first kappa shape index (κ1) is 14.5. The van der Waals surface area contributed by atoms with Crippen molar-refractivity contribution in [3.05, 3.63) is 58.4 Å². The van der Waals surface area contributed by atoms with Crippen LogP contribution in [0.1, 0.15) is 35.3 Å². The van der Waals surface area contributed by atoms with E-state index in [0.717, 1.165) is 22.4 Å². The molecule has 2 aromatic carbocycles. The normalized spacial score (nSPS) is 12.3. The van der Waals surface area contributed by atoms with Crippen molar-refractivity contribution < 1.29 is 14.2 Å². The van der Waals surface area contributed by atoms with E-state index in [9.17, 15) is 9.50 Å². The van der Waals surface area contributed by atoms with Gasteiger partial charge in [0.15, 0.2) is 0 Å². The number of aliphatic hydroxyl groups excluding tert-OH is 1. The van der Waals surface area contributed by atoms with Gasteiger partial charge in [0.1, 0.15) is 17.3 Å². The minimum Gasteiger partial charge on any atom is -0.456 e. The maximum atomic E-state index is 13.3. The molecule has 0 amide bonds. The lowest BCUT2D eigenvalue weighted by Gasteiger charge is -2.17. The Hall–Kier alpha value is -1.87. The van der Waals surface area contributed by atoms with Gasteiger partial charge in [-0.1, -0.05) is 12.1 Å². The van der Waals surface area contributed by atoms with Crippen LogP contribution < -0.4 is 4.74 Å². The number of aliphatic hydroxyl groups is 1. The van der Waals surface area contributed by atoms with Crippen LogP contribution in [-0.4, -0.2) is 5.11 Å². The molecule has 2 aromatic rings. The number of ether oxygens (including phenoxy) is 1. The van der Waals surface area contributed by atoms with Crippen LogP contribution >= 0.6 is 0 Å². The molecule has 0 spiro atoms. The molecule has 20 heavy (non-hydrogen) atoms. The fourth-order valence-electron chi connectivity index (χ4n) is 2.13. The summed E-state index contributed by atoms with van der Waals surface area (Å²) in [6.45, 7) is 7.57. The predicted molar refractivity (Wildman–Crippen MR) is 77.8 cm³/mol. The Morgan fingerprint density at radius 2 is 1.70 bits per heavy atom. The fraction of sp³-hybridized carbons (Fsp3) is 0.294. The number of rotatable bonds is 3. The molecule has 0 aliphatic heterocycles. The average molecular weight is 274 g/mol. The van der Waals surface area contributed by atoms with Crippen molar-refractivity contribution in [2.45, 2.75) is 33.8 Å². The number of aryl methyl sites for hydroxylation is 2. The Morgan fingerprint density at radius 3 is 2.35 bits per heavy atom. The van der Waals surface area contributed by atoms with Crippen molar-refractivity contribution >= 4 is 0 Å². The largest absolute Gasteiger partial charge is 0.456 e. The molecule has 0 aliphatic rings. The third kappa shape index (κ3) is 2.83. The summed E-state index contributed by atoms with van der Waals surface area (Å²) in [5.74, 6) is 0.864. The Labute approximate surface area is 118 Å². The summed E-state index contributed by atoms with van der Waals surface area (Å²) in [5, 5.41) is 9.75. The summed E-state index contributed by atoms with van der Waals surface area (Å²) >= 11 is 0. The highest BCUT2D eigenvalue weighted by Gasteiger charge is 2.14. The van der Waals surface area contributed by atoms with Crippen LogP contribution in [-0.2, 0) is 0 Å². The van der Waals surface area contributed by atoms with Crippen LogP contribution in [0.4, 0.5) is 4.39 Å². The van der Waals surface area contributed by atoms with Gasteiger partial charge in [-0.2, -0.15) is 0 Å². The van der Waals surface area contributed by atoms with E-state index >= 15 is 0 Å². The molecule has 1 N–H and O–H groups in total. The Morgan fingerprint density at radius 1 is 1.05 bits per heavy atom. The fourth-order valence-corrected chi connectivity index (χ4v) is 2.13. The molecule has 0 saturated carbocycles. The predicted octanol–water partition coefficient (Wildman–Crippen LogP) is 4.60. The molecule has 2 rings (SSSR count). The molecule has 0 fully saturated rings. The standard InChI is InChI=1S/C17H19FO2/c1-10-5-6-11(2)17(12(10)3)20-16-8-7-14(18)9-15(16)13(4)19/h5-9,13,19H,1-4H3/t13-/m1/s1. The van der Waals surface area contributed by atoms with Crippen LogP contribution in [0.15, 0.2) is 30.3 Å². The SMILES string of the molecule is Cc1ccc(C)c(Oc2ccc(F)cc2[C@@H](C)O)c1C. The molecule has 0 unspecified atom stereocenters. The summed E-state index contributed by atoms with van der Waals surface area (Å²) in [5.41, 5.74) is 3.64. The van der Waals surface area contributed by atoms with Crippen LogP contribution in [0, 0.1) is 26.6 Å². The van der Waals surface area contributed by atoms with Crippen LogP contribution in [0.5, 0.6) is 11.5 Å². The van der Waals surface area contributed by atoms with Gasteiger partial charge >= 0.3 is 0 Å². The van der Waals surface area contributed by atoms with Crippen molar-refractivity contribution in [2.75, 3.05) is 0 Å². The molecule has 0 saturated heterocycles. The summed E-state index contributed by atoms with van der Waals surface area (Å²) in [7, 11) is 0. The van der Waals surface area contributed by atoms with E-state index in [0.29, 0.717) is 11.3 Å². The monoisotopic (exact) mass is 274 g/mol. The zero-order chi connectivity index (χ0) is 14.9. The van der Waals surface area contributed by atoms with Gasteiger partial charge in [0.2, 0.25) is 0 Å². The quantitative estimate of drug-likeness (QED) is 0.886. The van der Waals surface area contributed by atoms with Crippen molar-refractivity contribution in [3.8, 4) is 11.5 Å². The lowest BCUT2D eigenvalue weighted by molar-refractivity contribution is 0.195. The second-order valence-electron chi connectivity index (χ2n) is 5.11. The second-order valence-corrected chi connectivity index (χ2v) is 5.11. The van der Waals surface area contributed by atoms with Crippen LogP contribution in [0.2, 0.25) is 0 Å². The molecule has 0 bridgehead atoms. The molecule has 2 nitrogen and oxygen atoms in total. The van der Waals surface area contributed by atoms with E-state index < -0.39 is 6.10 Å². The van der Waals surface area contributed by atoms with E-state index in [1.807, 2.05) is 32.9 Å². The summed E-state index contributed by atoms with van der Waals surface area (Å²) in [6.07, 6.45) is -0.786. The molecule has 0 aromatic heterocycles. The summed E-state index contributed by atoms with van der Waals surface area (Å²) in [4.78, 5) is 0. The van der Waals surface area contributed by atoms with E-state index in [4.69, 9.17) is 4.74 Å². The van der Waals surface area contributed by atoms with E-state index in [1.165, 1.54) is 12.1 Å². The maximum absolute atomic E-state index is 13.3. The highest BCUT2D eigenvalue weighted by atomic mass is 19.1. The number of hydrogen-bond acceptors (Lipinski definition) is 2. The number of halogens is 1. The highest BCUT2D eigenvalue weighted by molar-refractivity contribution is 5.48. The van der Waals surface area contributed by atoms with Gasteiger partial charge in [-0.15, -0.1) is 0 Å². The topological polar surface area (TPSA) is 29.5 Å². The van der Waals surface area contributed by atoms with Gasteiger partial charge in [0, 0.05) is 5.56 Å². The summed E-state index contributed by atoms with van der Waals surface area (Å²) in [6, 6.07) is 8.22. The summed E-state index contributed by atoms with van der Waals surface area (Å²) < 4.78 is 19.2. The molecule has 3 heteroatoms. The lowest BCUT2D eigenvalue weighted by Crippen LogP contribution is -2.00. The molecule has 0 heterocycles. The third-order valence-electron chi connectivity index (χ3n) is 3.51. The molecular formula is C17H19FO2. The van der Waals surface area contributed by atoms with Gasteiger partial charge in [0.05, 0.1) is 6.10 Å². The van der Waals surface area contributed by atoms with Crippen LogP contribution in [0.3, 0.4) is 0 Å². The highest BCUT2D eigenvalue weighted by Crippen LogP contribution is 2.34. The molecule has 0 aliphatic carbocycles. The van der Waals surface area contributed by atoms with Gasteiger partial charge in [-0.25, -0.2) is 4.39 Å². The Balaban J connectivity index is 2.48. The maximum Gasteiger partial charge on any atom is 0.133 e. The zero-order valence-electron chi connectivity index (χ0n) is 12.2. The second kappa shape index (κ2) is 5.63. The molecular weight excluding hydrogens is 255 g/mol. The minimum absolute atomic E-state index is 0.383. The van der Waals surface area contributed by atoms with Crippen LogP contribution in [0.25, 0.3) is 0 Å². The van der Waals surface area contributed by atoms with Crippen molar-refractivity contribution in [2.24, 2.45) is 0 Å². The Kier molecular flexibility index (Phi) is 4.09. The van der Waals surface area contributed by atoms with Gasteiger partial charge in [-0.3, -0.25) is 0 Å². The van der Waals surface area contributed by atoms with E-state index in [-0.39, 0.29) is 5.82 Å². The number of benzene rings is 2. The van der Waals surface area contributed by atoms with E-state index in [1.54, 1.807) is 13.0 Å². The Bertz CT molecular complexity index is 633. The van der Waals surface area contributed by atoms with Gasteiger partial charge in [0.25, 0.3) is 0 Å². The first-order valence-electron chi connectivity index (χ1n) is 6.62. The third-order valence-corrected chi connectivity index (χ3v) is 3.51. The number of hydrogen-bond donors (Lipinski definition) is 1. The van der Waals surface area contributed by atoms with Crippen molar-refractivity contribution in [3.63, 3.8) is 0 Å². The zero-order valence-corrected chi connectivity index (χ0v) is 12.2. The van der Waals surface area contributed by atoms with Gasteiger partial charge < -0.3 is 9.84 Å². The molecule has 0 radical (unpaired) electrons. The lowest BCUT2D eigenvalue weighted by atomic mass is 10.0. The van der Waals surface area contributed by atoms with E-state index in [2.05, 4.69) is 0 Å². The minimum atomic E-state index is -0.786. The molecule has 1 atom stereocenters. The smallest absolute Gasteiger partial charge is 0.133 e. The average Bonchev–Trinajstić information content (AvgIpc) is 2.40. The van der Waals surface area contributed by atoms with Crippen molar-refractivity contribution in [1.29, 1.82) is 0 Å². The van der Waals surface area contributed by atoms with Crippen molar-refractivity contribution in [1.82, 2.24) is 0 Å². The first-order chi connectivity index (χ1) is 9.40. The van der Waals surface area contributed by atoms with Gasteiger partial charge in [-0.05, 0) is 62.6 Å². The molecule has 106 valence electrons. The first-order valence-corrected chi connectivity index (χ1v) is 6.62.